The second-order valence-corrected chi connectivity index (χ2v) is 6.89. The Balaban J connectivity index is 1.61. The van der Waals surface area contributed by atoms with Crippen LogP contribution >= 0.6 is 0 Å². The summed E-state index contributed by atoms with van der Waals surface area (Å²) in [5.74, 6) is -0.151. The van der Waals surface area contributed by atoms with Gasteiger partial charge in [0.2, 0.25) is 0 Å². The molecule has 1 fully saturated rings. The molecule has 0 bridgehead atoms. The molecule has 1 saturated heterocycles. The number of rotatable bonds is 3. The third kappa shape index (κ3) is 3.49. The summed E-state index contributed by atoms with van der Waals surface area (Å²) in [4.78, 5) is 32.0. The highest BCUT2D eigenvalue weighted by Gasteiger charge is 2.30. The Morgan fingerprint density at radius 3 is 2.57 bits per heavy atom. The molecule has 0 radical (unpaired) electrons. The average molecular weight is 379 g/mol. The molecule has 28 heavy (non-hydrogen) atoms. The lowest BCUT2D eigenvalue weighted by molar-refractivity contribution is 0.0291. The van der Waals surface area contributed by atoms with Crippen molar-refractivity contribution in [1.29, 1.82) is 5.26 Å². The molecule has 0 aliphatic carbocycles. The fraction of sp³-hybridized carbons (Fsp3) is 0.400. The second-order valence-electron chi connectivity index (χ2n) is 6.89. The quantitative estimate of drug-likeness (QED) is 0.877. The summed E-state index contributed by atoms with van der Waals surface area (Å²) in [5.41, 5.74) is 2.23. The number of anilines is 1. The minimum atomic E-state index is -0.337. The van der Waals surface area contributed by atoms with E-state index in [2.05, 4.69) is 10.3 Å². The molecule has 8 heteroatoms. The Morgan fingerprint density at radius 2 is 1.86 bits per heavy atom. The summed E-state index contributed by atoms with van der Waals surface area (Å²) >= 11 is 0. The first-order valence-corrected chi connectivity index (χ1v) is 9.45. The monoisotopic (exact) mass is 379 g/mol. The molecule has 3 heterocycles. The number of imidazole rings is 1. The minimum Gasteiger partial charge on any atom is -0.378 e. The molecule has 0 spiro atoms. The molecule has 0 saturated carbocycles. The van der Waals surface area contributed by atoms with Crippen LogP contribution in [0, 0.1) is 11.3 Å². The number of nitriles is 1. The van der Waals surface area contributed by atoms with Crippen LogP contribution < -0.4 is 5.32 Å². The van der Waals surface area contributed by atoms with Gasteiger partial charge in [-0.3, -0.25) is 9.59 Å². The van der Waals surface area contributed by atoms with Crippen LogP contribution in [0.3, 0.4) is 0 Å². The average Bonchev–Trinajstić information content (AvgIpc) is 3.14. The maximum atomic E-state index is 13.0. The van der Waals surface area contributed by atoms with Crippen molar-refractivity contribution in [2.45, 2.75) is 25.8 Å². The molecule has 0 unspecified atom stereocenters. The van der Waals surface area contributed by atoms with Crippen molar-refractivity contribution in [3.05, 3.63) is 47.0 Å². The van der Waals surface area contributed by atoms with Crippen molar-refractivity contribution in [2.75, 3.05) is 31.6 Å². The highest BCUT2D eigenvalue weighted by Crippen LogP contribution is 2.23. The zero-order chi connectivity index (χ0) is 19.5. The summed E-state index contributed by atoms with van der Waals surface area (Å²) in [5, 5.41) is 11.7. The molecule has 1 aromatic carbocycles. The van der Waals surface area contributed by atoms with Crippen LogP contribution in [0.25, 0.3) is 0 Å². The predicted molar refractivity (Wildman–Crippen MR) is 101 cm³/mol. The summed E-state index contributed by atoms with van der Waals surface area (Å²) in [6.45, 7) is 2.80. The Kier molecular flexibility index (Phi) is 5.08. The maximum Gasteiger partial charge on any atom is 0.290 e. The number of amides is 2. The number of ether oxygens (including phenoxy) is 1. The van der Waals surface area contributed by atoms with Crippen molar-refractivity contribution in [3.63, 3.8) is 0 Å². The number of carbonyl (C=O) groups is 2. The topological polar surface area (TPSA) is 100 Å². The van der Waals surface area contributed by atoms with Crippen LogP contribution in [0.5, 0.6) is 0 Å². The van der Waals surface area contributed by atoms with E-state index in [-0.39, 0.29) is 11.8 Å². The summed E-state index contributed by atoms with van der Waals surface area (Å²) in [7, 11) is 0. The third-order valence-electron chi connectivity index (χ3n) is 5.09. The van der Waals surface area contributed by atoms with Crippen LogP contribution in [-0.2, 0) is 17.7 Å². The molecule has 1 aromatic heterocycles. The number of hydrogen-bond donors (Lipinski definition) is 1. The van der Waals surface area contributed by atoms with E-state index in [0.29, 0.717) is 55.6 Å². The van der Waals surface area contributed by atoms with E-state index in [1.165, 1.54) is 0 Å². The van der Waals surface area contributed by atoms with Crippen LogP contribution in [0.2, 0.25) is 0 Å². The molecular weight excluding hydrogens is 358 g/mol. The van der Waals surface area contributed by atoms with Gasteiger partial charge in [-0.25, -0.2) is 4.98 Å². The van der Waals surface area contributed by atoms with E-state index in [1.54, 1.807) is 29.2 Å². The van der Waals surface area contributed by atoms with Crippen LogP contribution in [0.1, 0.15) is 45.2 Å². The van der Waals surface area contributed by atoms with Crippen molar-refractivity contribution < 1.29 is 14.3 Å². The van der Waals surface area contributed by atoms with E-state index in [1.807, 2.05) is 10.6 Å². The van der Waals surface area contributed by atoms with Crippen molar-refractivity contribution in [3.8, 4) is 6.07 Å². The SMILES string of the molecule is N#Cc1ccc(NC(=O)c2nc(C(=O)N3CCOCC3)n3c2CCCC3)cc1. The van der Waals surface area contributed by atoms with Gasteiger partial charge in [0, 0.05) is 25.3 Å². The first kappa shape index (κ1) is 18.2. The summed E-state index contributed by atoms with van der Waals surface area (Å²) < 4.78 is 7.22. The number of morpholine rings is 1. The molecule has 144 valence electrons. The zero-order valence-corrected chi connectivity index (χ0v) is 15.5. The normalized spacial score (nSPS) is 16.2. The molecule has 2 amide bonds. The number of nitrogens with one attached hydrogen (secondary N) is 1. The van der Waals surface area contributed by atoms with Gasteiger partial charge >= 0.3 is 0 Å². The van der Waals surface area contributed by atoms with Gasteiger partial charge in [-0.15, -0.1) is 0 Å². The standard InChI is InChI=1S/C20H21N5O3/c21-13-14-4-6-15(7-5-14)22-19(26)17-16-3-1-2-8-25(16)18(23-17)20(27)24-9-11-28-12-10-24/h4-7H,1-3,8-12H2,(H,22,26). The lowest BCUT2D eigenvalue weighted by Gasteiger charge is -2.27. The van der Waals surface area contributed by atoms with E-state index in [9.17, 15) is 9.59 Å². The number of benzene rings is 1. The number of fused-ring (bicyclic) bond motifs is 1. The Bertz CT molecular complexity index is 936. The fourth-order valence-corrected chi connectivity index (χ4v) is 3.61. The highest BCUT2D eigenvalue weighted by atomic mass is 16.5. The van der Waals surface area contributed by atoms with Crippen molar-refractivity contribution >= 4 is 17.5 Å². The third-order valence-corrected chi connectivity index (χ3v) is 5.09. The molecule has 2 aliphatic rings. The van der Waals surface area contributed by atoms with Crippen LogP contribution in [-0.4, -0.2) is 52.6 Å². The van der Waals surface area contributed by atoms with Gasteiger partial charge in [-0.1, -0.05) is 0 Å². The molecule has 4 rings (SSSR count). The van der Waals surface area contributed by atoms with Gasteiger partial charge in [0.15, 0.2) is 11.5 Å². The van der Waals surface area contributed by atoms with Crippen LogP contribution in [0.15, 0.2) is 24.3 Å². The minimum absolute atomic E-state index is 0.149. The van der Waals surface area contributed by atoms with Gasteiger partial charge in [0.1, 0.15) is 0 Å². The van der Waals surface area contributed by atoms with E-state index < -0.39 is 0 Å². The first-order valence-electron chi connectivity index (χ1n) is 9.45. The molecule has 2 aliphatic heterocycles. The number of hydrogen-bond acceptors (Lipinski definition) is 5. The lowest BCUT2D eigenvalue weighted by atomic mass is 10.1. The fourth-order valence-electron chi connectivity index (χ4n) is 3.61. The number of carbonyl (C=O) groups excluding carboxylic acids is 2. The summed E-state index contributed by atoms with van der Waals surface area (Å²) in [6, 6.07) is 8.70. The van der Waals surface area contributed by atoms with E-state index in [0.717, 1.165) is 25.0 Å². The largest absolute Gasteiger partial charge is 0.378 e. The van der Waals surface area contributed by atoms with Gasteiger partial charge < -0.3 is 19.5 Å². The molecule has 1 N–H and O–H groups in total. The lowest BCUT2D eigenvalue weighted by Crippen LogP contribution is -2.42. The van der Waals surface area contributed by atoms with Gasteiger partial charge in [-0.05, 0) is 43.5 Å². The molecule has 2 aromatic rings. The van der Waals surface area contributed by atoms with Crippen molar-refractivity contribution in [1.82, 2.24) is 14.5 Å². The Morgan fingerprint density at radius 1 is 1.11 bits per heavy atom. The van der Waals surface area contributed by atoms with E-state index in [4.69, 9.17) is 10.00 Å². The van der Waals surface area contributed by atoms with Crippen molar-refractivity contribution in [2.24, 2.45) is 0 Å². The van der Waals surface area contributed by atoms with Gasteiger partial charge in [0.05, 0.1) is 30.5 Å². The zero-order valence-electron chi connectivity index (χ0n) is 15.5. The Labute approximate surface area is 162 Å². The van der Waals surface area contributed by atoms with E-state index >= 15 is 0 Å². The molecular formula is C20H21N5O3. The second kappa shape index (κ2) is 7.82. The highest BCUT2D eigenvalue weighted by molar-refractivity contribution is 6.05. The smallest absolute Gasteiger partial charge is 0.290 e. The van der Waals surface area contributed by atoms with Gasteiger partial charge in [-0.2, -0.15) is 5.26 Å². The molecule has 8 nitrogen and oxygen atoms in total. The predicted octanol–water partition coefficient (Wildman–Crippen LogP) is 1.82. The number of nitrogens with zero attached hydrogens (tertiary/aromatic N) is 4. The Hall–Kier alpha value is -3.18. The molecule has 0 atom stereocenters. The van der Waals surface area contributed by atoms with Crippen LogP contribution in [0.4, 0.5) is 5.69 Å². The van der Waals surface area contributed by atoms with Gasteiger partial charge in [0.25, 0.3) is 11.8 Å². The summed E-state index contributed by atoms with van der Waals surface area (Å²) in [6.07, 6.45) is 2.65. The first-order chi connectivity index (χ1) is 13.7. The number of aromatic nitrogens is 2. The maximum absolute atomic E-state index is 13.0.